The fraction of sp³-hybridized carbons (Fsp3) is 0.368. The molecule has 0 saturated heterocycles. The van der Waals surface area contributed by atoms with E-state index in [2.05, 4.69) is 60.8 Å². The second-order valence-corrected chi connectivity index (χ2v) is 7.16. The highest BCUT2D eigenvalue weighted by Crippen LogP contribution is 2.48. The molecule has 0 atom stereocenters. The molecule has 5 nitrogen and oxygen atoms in total. The molecule has 2 aromatic rings. The van der Waals surface area contributed by atoms with Crippen LogP contribution >= 0.6 is 39.9 Å². The zero-order valence-electron chi connectivity index (χ0n) is 15.0. The number of hydrogen-bond acceptors (Lipinski definition) is 3. The molecule has 0 spiro atoms. The number of halogens is 2. The van der Waals surface area contributed by atoms with E-state index >= 15 is 0 Å². The van der Waals surface area contributed by atoms with E-state index in [1.807, 2.05) is 18.2 Å². The van der Waals surface area contributed by atoms with E-state index < -0.39 is 0 Å². The number of nitrogens with zero attached hydrogens (tertiary/aromatic N) is 2. The third-order valence-corrected chi connectivity index (χ3v) is 5.03. The number of aliphatic imine (C=N–C) groups is 1. The molecule has 0 amide bonds. The summed E-state index contributed by atoms with van der Waals surface area (Å²) in [4.78, 5) is 8.72. The Morgan fingerprint density at radius 3 is 2.65 bits per heavy atom. The van der Waals surface area contributed by atoms with E-state index in [-0.39, 0.29) is 29.4 Å². The van der Waals surface area contributed by atoms with Crippen molar-refractivity contribution in [3.8, 4) is 5.88 Å². The summed E-state index contributed by atoms with van der Waals surface area (Å²) in [6.45, 7) is 1.47. The van der Waals surface area contributed by atoms with E-state index in [1.165, 1.54) is 18.4 Å². The molecule has 1 aliphatic rings. The normalized spacial score (nSPS) is 15.0. The molecule has 1 heterocycles. The highest BCUT2D eigenvalue weighted by atomic mass is 127. The fourth-order valence-corrected chi connectivity index (χ4v) is 3.25. The molecule has 0 bridgehead atoms. The lowest BCUT2D eigenvalue weighted by Gasteiger charge is -2.19. The first-order valence-electron chi connectivity index (χ1n) is 8.36. The SMILES string of the molecule is CN=C(NCc1cccc(OC)n1)NCC1(c2cccc(Br)c2)CC1.I. The van der Waals surface area contributed by atoms with Crippen LogP contribution in [0, 0.1) is 0 Å². The average Bonchev–Trinajstić information content (AvgIpc) is 3.43. The Kier molecular flexibility index (Phi) is 7.69. The molecule has 26 heavy (non-hydrogen) atoms. The van der Waals surface area contributed by atoms with Crippen molar-refractivity contribution in [1.29, 1.82) is 0 Å². The summed E-state index contributed by atoms with van der Waals surface area (Å²) in [6.07, 6.45) is 2.40. The summed E-state index contributed by atoms with van der Waals surface area (Å²) in [6, 6.07) is 14.3. The van der Waals surface area contributed by atoms with Crippen molar-refractivity contribution >= 4 is 45.9 Å². The second kappa shape index (κ2) is 9.55. The van der Waals surface area contributed by atoms with Gasteiger partial charge in [0.1, 0.15) is 0 Å². The predicted octanol–water partition coefficient (Wildman–Crippen LogP) is 3.87. The number of ether oxygens (including phenoxy) is 1. The van der Waals surface area contributed by atoms with Gasteiger partial charge in [-0.25, -0.2) is 4.98 Å². The maximum atomic E-state index is 5.16. The van der Waals surface area contributed by atoms with Gasteiger partial charge in [0.15, 0.2) is 5.96 Å². The third kappa shape index (κ3) is 5.33. The lowest BCUT2D eigenvalue weighted by atomic mass is 9.96. The predicted molar refractivity (Wildman–Crippen MR) is 119 cm³/mol. The summed E-state index contributed by atoms with van der Waals surface area (Å²) in [7, 11) is 3.41. The van der Waals surface area contributed by atoms with Gasteiger partial charge in [-0.3, -0.25) is 4.99 Å². The van der Waals surface area contributed by atoms with Crippen molar-refractivity contribution in [2.45, 2.75) is 24.8 Å². The van der Waals surface area contributed by atoms with Crippen LogP contribution in [0.25, 0.3) is 0 Å². The van der Waals surface area contributed by atoms with Gasteiger partial charge in [0.2, 0.25) is 5.88 Å². The lowest BCUT2D eigenvalue weighted by molar-refractivity contribution is 0.396. The molecule has 7 heteroatoms. The molecule has 1 fully saturated rings. The highest BCUT2D eigenvalue weighted by Gasteiger charge is 2.44. The first-order chi connectivity index (χ1) is 12.1. The van der Waals surface area contributed by atoms with Crippen LogP contribution in [0.5, 0.6) is 5.88 Å². The van der Waals surface area contributed by atoms with Crippen LogP contribution in [0.4, 0.5) is 0 Å². The highest BCUT2D eigenvalue weighted by molar-refractivity contribution is 14.0. The summed E-state index contributed by atoms with van der Waals surface area (Å²) in [5.74, 6) is 1.40. The van der Waals surface area contributed by atoms with E-state index in [0.717, 1.165) is 22.7 Å². The van der Waals surface area contributed by atoms with Crippen molar-refractivity contribution in [3.63, 3.8) is 0 Å². The second-order valence-electron chi connectivity index (χ2n) is 6.24. The molecule has 1 aliphatic carbocycles. The van der Waals surface area contributed by atoms with E-state index in [9.17, 15) is 0 Å². The van der Waals surface area contributed by atoms with E-state index in [1.54, 1.807) is 14.2 Å². The summed E-state index contributed by atoms with van der Waals surface area (Å²) in [5, 5.41) is 6.77. The standard InChI is InChI=1S/C19H23BrN4O.HI/c1-21-18(22-12-16-7-4-8-17(24-16)25-2)23-13-19(9-10-19)14-5-3-6-15(20)11-14;/h3-8,11H,9-10,12-13H2,1-2H3,(H2,21,22,23);1H. The molecule has 1 saturated carbocycles. The summed E-state index contributed by atoms with van der Waals surface area (Å²) in [5.41, 5.74) is 2.50. The molecular formula is C19H24BrIN4O. The zero-order chi connectivity index (χ0) is 17.7. The largest absolute Gasteiger partial charge is 0.481 e. The minimum absolute atomic E-state index is 0. The Morgan fingerprint density at radius 1 is 1.23 bits per heavy atom. The smallest absolute Gasteiger partial charge is 0.213 e. The van der Waals surface area contributed by atoms with Crippen LogP contribution in [0.1, 0.15) is 24.1 Å². The van der Waals surface area contributed by atoms with Crippen LogP contribution in [-0.4, -0.2) is 31.6 Å². The Bertz CT molecular complexity index is 765. The maximum Gasteiger partial charge on any atom is 0.213 e. The first kappa shape index (κ1) is 21.0. The first-order valence-corrected chi connectivity index (χ1v) is 9.15. The molecule has 2 N–H and O–H groups in total. The molecule has 1 aromatic heterocycles. The van der Waals surface area contributed by atoms with Crippen molar-refractivity contribution < 1.29 is 4.74 Å². The number of rotatable bonds is 6. The van der Waals surface area contributed by atoms with E-state index in [4.69, 9.17) is 4.74 Å². The maximum absolute atomic E-state index is 5.16. The molecule has 0 unspecified atom stereocenters. The van der Waals surface area contributed by atoms with Crippen LogP contribution in [0.2, 0.25) is 0 Å². The molecule has 0 radical (unpaired) electrons. The van der Waals surface area contributed by atoms with Gasteiger partial charge in [-0.1, -0.05) is 34.1 Å². The Morgan fingerprint density at radius 2 is 2.00 bits per heavy atom. The van der Waals surface area contributed by atoms with Crippen LogP contribution in [-0.2, 0) is 12.0 Å². The number of benzene rings is 1. The van der Waals surface area contributed by atoms with Gasteiger partial charge < -0.3 is 15.4 Å². The van der Waals surface area contributed by atoms with Crippen molar-refractivity contribution in [1.82, 2.24) is 15.6 Å². The fourth-order valence-electron chi connectivity index (χ4n) is 2.85. The van der Waals surface area contributed by atoms with Crippen molar-refractivity contribution in [3.05, 3.63) is 58.2 Å². The van der Waals surface area contributed by atoms with Crippen LogP contribution in [0.3, 0.4) is 0 Å². The number of pyridine rings is 1. The number of nitrogens with one attached hydrogen (secondary N) is 2. The molecule has 1 aromatic carbocycles. The van der Waals surface area contributed by atoms with Gasteiger partial charge in [-0.15, -0.1) is 24.0 Å². The molecule has 3 rings (SSSR count). The van der Waals surface area contributed by atoms with Crippen molar-refractivity contribution in [2.75, 3.05) is 20.7 Å². The van der Waals surface area contributed by atoms with Crippen LogP contribution < -0.4 is 15.4 Å². The van der Waals surface area contributed by atoms with Gasteiger partial charge in [0.25, 0.3) is 0 Å². The lowest BCUT2D eigenvalue weighted by Crippen LogP contribution is -2.41. The number of methoxy groups -OCH3 is 1. The topological polar surface area (TPSA) is 58.5 Å². The molecular weight excluding hydrogens is 507 g/mol. The Labute approximate surface area is 180 Å². The minimum atomic E-state index is 0. The summed E-state index contributed by atoms with van der Waals surface area (Å²) < 4.78 is 6.29. The average molecular weight is 531 g/mol. The van der Waals surface area contributed by atoms with Gasteiger partial charge in [-0.2, -0.15) is 0 Å². The molecule has 0 aliphatic heterocycles. The van der Waals surface area contributed by atoms with Crippen LogP contribution in [0.15, 0.2) is 51.9 Å². The zero-order valence-corrected chi connectivity index (χ0v) is 18.9. The van der Waals surface area contributed by atoms with Gasteiger partial charge in [0.05, 0.1) is 19.3 Å². The quantitative estimate of drug-likeness (QED) is 0.338. The summed E-state index contributed by atoms with van der Waals surface area (Å²) >= 11 is 3.56. The van der Waals surface area contributed by atoms with Gasteiger partial charge in [-0.05, 0) is 36.6 Å². The number of guanidine groups is 1. The number of aromatic nitrogens is 1. The van der Waals surface area contributed by atoms with Crippen molar-refractivity contribution in [2.24, 2.45) is 4.99 Å². The monoisotopic (exact) mass is 530 g/mol. The van der Waals surface area contributed by atoms with E-state index in [0.29, 0.717) is 12.4 Å². The van der Waals surface area contributed by atoms with Gasteiger partial charge >= 0.3 is 0 Å². The Balaban J connectivity index is 0.00000243. The third-order valence-electron chi connectivity index (χ3n) is 4.54. The Hall–Kier alpha value is -1.35. The number of hydrogen-bond donors (Lipinski definition) is 2. The minimum Gasteiger partial charge on any atom is -0.481 e. The van der Waals surface area contributed by atoms with Gasteiger partial charge in [0, 0.05) is 29.5 Å². The molecule has 140 valence electrons.